The van der Waals surface area contributed by atoms with Crippen molar-refractivity contribution in [2.24, 2.45) is 22.9 Å². The van der Waals surface area contributed by atoms with Crippen LogP contribution in [0.4, 0.5) is 4.79 Å². The number of aliphatic hydroxyl groups excluding tert-OH is 2. The largest absolute Gasteiger partial charge is 0.487 e. The van der Waals surface area contributed by atoms with Crippen molar-refractivity contribution < 1.29 is 48.3 Å². The third-order valence-electron chi connectivity index (χ3n) is 12.0. The summed E-state index contributed by atoms with van der Waals surface area (Å²) in [6, 6.07) is 16.6. The molecule has 1 amide bonds. The predicted molar refractivity (Wildman–Crippen MR) is 230 cm³/mol. The minimum atomic E-state index is -1.47. The van der Waals surface area contributed by atoms with Gasteiger partial charge < -0.3 is 43.5 Å². The lowest BCUT2D eigenvalue weighted by atomic mass is 9.55. The van der Waals surface area contributed by atoms with Crippen LogP contribution in [0.25, 0.3) is 0 Å². The van der Waals surface area contributed by atoms with Crippen LogP contribution in [0.3, 0.4) is 0 Å². The Balaban J connectivity index is 1.42. The molecule has 61 heavy (non-hydrogen) atoms. The maximum Gasteiger partial charge on any atom is 0.410 e. The Kier molecular flexibility index (Phi) is 15.1. The van der Waals surface area contributed by atoms with Crippen molar-refractivity contribution >= 4 is 23.4 Å². The SMILES string of the molecule is C=CCOC12Oc3ccc(OCc4cccc(C)n4)cc3C3C(CCCCO)C(CCCCO)C=C(C(=NOCC)CC1N(Cc1ccc4c(c1)OCO4)C(=O)OCCCl)C32. The second-order valence-electron chi connectivity index (χ2n) is 15.9. The third-order valence-corrected chi connectivity index (χ3v) is 12.1. The summed E-state index contributed by atoms with van der Waals surface area (Å²) in [6.07, 6.45) is 8.19. The number of carbonyl (C=O) groups is 1. The fourth-order valence-corrected chi connectivity index (χ4v) is 9.54. The van der Waals surface area contributed by atoms with Crippen molar-refractivity contribution in [2.75, 3.05) is 45.7 Å². The minimum Gasteiger partial charge on any atom is -0.487 e. The Morgan fingerprint density at radius 1 is 1.05 bits per heavy atom. The number of hydrogen-bond donors (Lipinski definition) is 2. The zero-order valence-electron chi connectivity index (χ0n) is 35.1. The second-order valence-corrected chi connectivity index (χ2v) is 16.2. The Bertz CT molecular complexity index is 2040. The number of pyridine rings is 1. The number of oxime groups is 1. The first kappa shape index (κ1) is 44.2. The molecule has 6 unspecified atom stereocenters. The van der Waals surface area contributed by atoms with Crippen molar-refractivity contribution in [3.8, 4) is 23.0 Å². The highest BCUT2D eigenvalue weighted by molar-refractivity contribution is 6.18. The minimum absolute atomic E-state index is 0.00461. The molecule has 1 fully saturated rings. The number of halogens is 1. The van der Waals surface area contributed by atoms with Crippen molar-refractivity contribution in [3.05, 3.63) is 101 Å². The summed E-state index contributed by atoms with van der Waals surface area (Å²) in [5.41, 5.74) is 5.08. The number of hydrogen-bond acceptors (Lipinski definition) is 12. The number of benzene rings is 2. The van der Waals surface area contributed by atoms with Gasteiger partial charge in [-0.1, -0.05) is 42.3 Å². The molecule has 6 atom stereocenters. The third kappa shape index (κ3) is 9.80. The number of rotatable bonds is 21. The van der Waals surface area contributed by atoms with E-state index in [0.29, 0.717) is 48.2 Å². The first-order valence-electron chi connectivity index (χ1n) is 21.5. The zero-order chi connectivity index (χ0) is 42.8. The molecule has 2 N–H and O–H groups in total. The highest BCUT2D eigenvalue weighted by Crippen LogP contribution is 2.62. The standard InChI is InChI=1S/C47H58ClN3O10/c1-4-22-59-47-43(51(46(54)55-23-19-48)28-32-15-17-41-42(24-32)58-30-57-41)27-39(50-60-5-2)37-25-33(12-6-8-20-52)36(14-7-9-21-53)44(45(37)47)38-26-35(16-18-40(38)61-47)56-29-34-13-10-11-31(3)49-34/h4,10-11,13,15-18,24-26,33,36,43-45,52-53H,1,5-9,12,14,19-23,27-30H2,2-3H3. The summed E-state index contributed by atoms with van der Waals surface area (Å²) in [5, 5.41) is 24.6. The summed E-state index contributed by atoms with van der Waals surface area (Å²) in [4.78, 5) is 26.7. The molecule has 1 saturated carbocycles. The van der Waals surface area contributed by atoms with Gasteiger partial charge in [0.1, 0.15) is 37.4 Å². The molecule has 2 aromatic carbocycles. The molecule has 13 nitrogen and oxygen atoms in total. The number of aliphatic hydroxyl groups is 2. The van der Waals surface area contributed by atoms with E-state index in [1.54, 1.807) is 11.0 Å². The van der Waals surface area contributed by atoms with E-state index in [4.69, 9.17) is 50.0 Å². The Hall–Kier alpha value is -4.82. The van der Waals surface area contributed by atoms with Crippen LogP contribution in [-0.4, -0.2) is 89.4 Å². The molecule has 0 bridgehead atoms. The maximum atomic E-state index is 14.5. The quantitative estimate of drug-likeness (QED) is 0.0462. The lowest BCUT2D eigenvalue weighted by molar-refractivity contribution is -0.256. The van der Waals surface area contributed by atoms with Gasteiger partial charge in [-0.25, -0.2) is 4.79 Å². The van der Waals surface area contributed by atoms with Crippen LogP contribution in [0, 0.1) is 24.7 Å². The van der Waals surface area contributed by atoms with Crippen molar-refractivity contribution in [3.63, 3.8) is 0 Å². The molecule has 0 saturated heterocycles. The molecule has 328 valence electrons. The number of alkyl halides is 1. The van der Waals surface area contributed by atoms with Crippen LogP contribution in [0.1, 0.15) is 80.3 Å². The Labute approximate surface area is 363 Å². The molecule has 14 heteroatoms. The summed E-state index contributed by atoms with van der Waals surface area (Å²) in [5.74, 6) is 0.515. The smallest absolute Gasteiger partial charge is 0.410 e. The number of nitrogens with zero attached hydrogens (tertiary/aromatic N) is 3. The number of allylic oxidation sites excluding steroid dienone is 1. The molecule has 3 aromatic rings. The summed E-state index contributed by atoms with van der Waals surface area (Å²) < 4.78 is 38.0. The van der Waals surface area contributed by atoms with Crippen LogP contribution in [0.2, 0.25) is 0 Å². The number of unbranched alkanes of at least 4 members (excludes halogenated alkanes) is 2. The highest BCUT2D eigenvalue weighted by Gasteiger charge is 2.65. The fraction of sp³-hybridized carbons (Fsp3) is 0.511. The number of carbonyl (C=O) groups excluding carboxylic acids is 1. The van der Waals surface area contributed by atoms with Crippen molar-refractivity contribution in [1.82, 2.24) is 9.88 Å². The number of fused-ring (bicyclic) bond motifs is 3. The fourth-order valence-electron chi connectivity index (χ4n) is 9.46. The van der Waals surface area contributed by atoms with E-state index in [9.17, 15) is 15.0 Å². The normalized spacial score (nSPS) is 23.9. The average molecular weight is 860 g/mol. The van der Waals surface area contributed by atoms with Gasteiger partial charge in [0, 0.05) is 43.4 Å². The molecule has 0 spiro atoms. The highest BCUT2D eigenvalue weighted by atomic mass is 35.5. The molecule has 3 heterocycles. The number of aromatic nitrogens is 1. The van der Waals surface area contributed by atoms with Crippen molar-refractivity contribution in [2.45, 2.75) is 89.7 Å². The second kappa shape index (κ2) is 20.8. The van der Waals surface area contributed by atoms with Crippen LogP contribution in [0.15, 0.2) is 84.1 Å². The van der Waals surface area contributed by atoms with Gasteiger partial charge in [-0.05, 0) is 105 Å². The Morgan fingerprint density at radius 2 is 1.85 bits per heavy atom. The van der Waals surface area contributed by atoms with E-state index in [1.165, 1.54) is 0 Å². The molecule has 4 aliphatic rings. The lowest BCUT2D eigenvalue weighted by Gasteiger charge is -2.59. The Morgan fingerprint density at radius 3 is 2.62 bits per heavy atom. The topological polar surface area (TPSA) is 151 Å². The first-order chi connectivity index (χ1) is 29.8. The molecule has 2 aliphatic heterocycles. The van der Waals surface area contributed by atoms with Crippen LogP contribution < -0.4 is 18.9 Å². The molecule has 0 radical (unpaired) electrons. The monoisotopic (exact) mass is 859 g/mol. The van der Waals surface area contributed by atoms with Gasteiger partial charge in [-0.2, -0.15) is 0 Å². The lowest BCUT2D eigenvalue weighted by Crippen LogP contribution is -2.70. The van der Waals surface area contributed by atoms with Crippen LogP contribution in [-0.2, 0) is 27.5 Å². The summed E-state index contributed by atoms with van der Waals surface area (Å²) in [6.45, 7) is 9.02. The predicted octanol–water partition coefficient (Wildman–Crippen LogP) is 8.23. The summed E-state index contributed by atoms with van der Waals surface area (Å²) in [7, 11) is 0. The van der Waals surface area contributed by atoms with Gasteiger partial charge in [0.05, 0.1) is 29.8 Å². The maximum absolute atomic E-state index is 14.5. The van der Waals surface area contributed by atoms with Crippen LogP contribution in [0.5, 0.6) is 23.0 Å². The van der Waals surface area contributed by atoms with Gasteiger partial charge in [0.25, 0.3) is 0 Å². The molecular weight excluding hydrogens is 802 g/mol. The number of amides is 1. The van der Waals surface area contributed by atoms with E-state index < -0.39 is 23.8 Å². The molecule has 1 aromatic heterocycles. The summed E-state index contributed by atoms with van der Waals surface area (Å²) >= 11 is 6.10. The van der Waals surface area contributed by atoms with Crippen molar-refractivity contribution in [1.29, 1.82) is 0 Å². The van der Waals surface area contributed by atoms with Crippen LogP contribution >= 0.6 is 11.6 Å². The van der Waals surface area contributed by atoms with E-state index in [1.807, 2.05) is 62.4 Å². The van der Waals surface area contributed by atoms with E-state index >= 15 is 0 Å². The molecule has 2 aliphatic carbocycles. The van der Waals surface area contributed by atoms with Gasteiger partial charge in [0.15, 0.2) is 11.5 Å². The molecular formula is C47H58ClN3O10. The number of ether oxygens (including phenoxy) is 6. The number of aryl methyl sites for hydroxylation is 1. The van der Waals surface area contributed by atoms with E-state index in [-0.39, 0.29) is 76.4 Å². The van der Waals surface area contributed by atoms with E-state index in [0.717, 1.165) is 53.8 Å². The van der Waals surface area contributed by atoms with Gasteiger partial charge >= 0.3 is 6.09 Å². The van der Waals surface area contributed by atoms with E-state index in [2.05, 4.69) is 23.7 Å². The first-order valence-corrected chi connectivity index (χ1v) is 22.0. The zero-order valence-corrected chi connectivity index (χ0v) is 35.9. The van der Waals surface area contributed by atoms with Gasteiger partial charge in [0.2, 0.25) is 12.6 Å². The average Bonchev–Trinajstić information content (AvgIpc) is 3.75. The van der Waals surface area contributed by atoms with Gasteiger partial charge in [-0.15, -0.1) is 18.2 Å². The molecule has 7 rings (SSSR count). The van der Waals surface area contributed by atoms with Gasteiger partial charge in [-0.3, -0.25) is 9.88 Å².